The minimum atomic E-state index is -3.64. The summed E-state index contributed by atoms with van der Waals surface area (Å²) in [5.41, 5.74) is -3.01. The summed E-state index contributed by atoms with van der Waals surface area (Å²) >= 11 is 3.26. The van der Waals surface area contributed by atoms with E-state index in [9.17, 15) is 5.11 Å². The van der Waals surface area contributed by atoms with Gasteiger partial charge in [0.2, 0.25) is 0 Å². The van der Waals surface area contributed by atoms with Crippen molar-refractivity contribution in [1.29, 1.82) is 0 Å². The Morgan fingerprint density at radius 3 is 2.46 bits per heavy atom. The number of hydrogen-bond acceptors (Lipinski definition) is 4. The number of alkyl halides is 2. The molecule has 2 aromatic heterocycles. The molecule has 8 heteroatoms. The molecule has 1 aromatic carbocycles. The van der Waals surface area contributed by atoms with Crippen molar-refractivity contribution in [3.8, 4) is 0 Å². The molecule has 0 saturated heterocycles. The standard InChI is InChI=1S/C16H13BrF2N4O/c17-13-6-4-12(5-7-13)15(24,9-23-11-20-10-22-23)16(18,19)14-3-1-2-8-21-14/h1-8,10-11,24H,9H2. The van der Waals surface area contributed by atoms with Gasteiger partial charge < -0.3 is 5.11 Å². The molecule has 1 N–H and O–H groups in total. The largest absolute Gasteiger partial charge is 0.377 e. The van der Waals surface area contributed by atoms with E-state index in [0.29, 0.717) is 0 Å². The van der Waals surface area contributed by atoms with Crippen LogP contribution in [0, 0.1) is 0 Å². The van der Waals surface area contributed by atoms with Crippen molar-refractivity contribution in [1.82, 2.24) is 19.7 Å². The minimum absolute atomic E-state index is 0.0526. The fourth-order valence-corrected chi connectivity index (χ4v) is 2.67. The SMILES string of the molecule is OC(Cn1cncn1)(c1ccc(Br)cc1)C(F)(F)c1ccccn1. The zero-order chi connectivity index (χ0) is 17.2. The van der Waals surface area contributed by atoms with Crippen molar-refractivity contribution in [2.45, 2.75) is 18.1 Å². The molecule has 124 valence electrons. The van der Waals surface area contributed by atoms with E-state index in [1.165, 1.54) is 53.9 Å². The van der Waals surface area contributed by atoms with E-state index in [0.717, 1.165) is 4.47 Å². The van der Waals surface area contributed by atoms with Gasteiger partial charge in [-0.25, -0.2) is 9.67 Å². The number of aromatic nitrogens is 4. The Bertz CT molecular complexity index is 797. The Kier molecular flexibility index (Phi) is 4.42. The normalized spacial score (nSPS) is 14.3. The average molecular weight is 395 g/mol. The van der Waals surface area contributed by atoms with Gasteiger partial charge in [0.05, 0.1) is 6.54 Å². The smallest absolute Gasteiger partial charge is 0.323 e. The van der Waals surface area contributed by atoms with Gasteiger partial charge in [-0.05, 0) is 29.8 Å². The highest BCUT2D eigenvalue weighted by Crippen LogP contribution is 2.45. The highest BCUT2D eigenvalue weighted by Gasteiger charge is 2.56. The predicted molar refractivity (Wildman–Crippen MR) is 86.2 cm³/mol. The van der Waals surface area contributed by atoms with Crippen LogP contribution in [0.5, 0.6) is 0 Å². The summed E-state index contributed by atoms with van der Waals surface area (Å²) in [6.45, 7) is -0.474. The zero-order valence-corrected chi connectivity index (χ0v) is 13.9. The molecule has 2 heterocycles. The van der Waals surface area contributed by atoms with Crippen LogP contribution in [0.1, 0.15) is 11.3 Å². The lowest BCUT2D eigenvalue weighted by Gasteiger charge is -2.35. The maximum absolute atomic E-state index is 15.2. The molecule has 5 nitrogen and oxygen atoms in total. The van der Waals surface area contributed by atoms with Crippen LogP contribution in [0.3, 0.4) is 0 Å². The monoisotopic (exact) mass is 394 g/mol. The Hall–Kier alpha value is -2.19. The summed E-state index contributed by atoms with van der Waals surface area (Å²) in [6, 6.07) is 10.2. The number of hydrogen-bond donors (Lipinski definition) is 1. The first-order chi connectivity index (χ1) is 11.4. The van der Waals surface area contributed by atoms with Crippen LogP contribution in [-0.4, -0.2) is 24.9 Å². The summed E-state index contributed by atoms with van der Waals surface area (Å²) in [6.07, 6.45) is 3.76. The van der Waals surface area contributed by atoms with Crippen LogP contribution in [0.2, 0.25) is 0 Å². The maximum Gasteiger partial charge on any atom is 0.323 e. The van der Waals surface area contributed by atoms with Crippen molar-refractivity contribution < 1.29 is 13.9 Å². The van der Waals surface area contributed by atoms with Gasteiger partial charge in [-0.1, -0.05) is 34.1 Å². The second-order valence-corrected chi connectivity index (χ2v) is 6.17. The number of benzene rings is 1. The van der Waals surface area contributed by atoms with E-state index in [1.807, 2.05) is 0 Å². The van der Waals surface area contributed by atoms with Gasteiger partial charge in [-0.2, -0.15) is 13.9 Å². The molecule has 24 heavy (non-hydrogen) atoms. The number of pyridine rings is 1. The van der Waals surface area contributed by atoms with Crippen LogP contribution in [0.15, 0.2) is 65.8 Å². The zero-order valence-electron chi connectivity index (χ0n) is 12.4. The molecule has 0 bridgehead atoms. The molecule has 0 spiro atoms. The summed E-state index contributed by atoms with van der Waals surface area (Å²) < 4.78 is 32.3. The van der Waals surface area contributed by atoms with Gasteiger partial charge >= 0.3 is 5.92 Å². The fraction of sp³-hybridized carbons (Fsp3) is 0.188. The number of halogens is 3. The van der Waals surface area contributed by atoms with Crippen molar-refractivity contribution in [3.63, 3.8) is 0 Å². The van der Waals surface area contributed by atoms with Crippen LogP contribution >= 0.6 is 15.9 Å². The summed E-state index contributed by atoms with van der Waals surface area (Å²) in [7, 11) is 0. The molecule has 0 saturated carbocycles. The molecule has 1 unspecified atom stereocenters. The Morgan fingerprint density at radius 2 is 1.88 bits per heavy atom. The molecular formula is C16H13BrF2N4O. The van der Waals surface area contributed by atoms with Gasteiger partial charge in [0.25, 0.3) is 0 Å². The molecule has 0 aliphatic rings. The Labute approximate surface area is 145 Å². The number of aliphatic hydroxyl groups is 1. The first-order valence-electron chi connectivity index (χ1n) is 7.03. The molecular weight excluding hydrogens is 382 g/mol. The van der Waals surface area contributed by atoms with E-state index >= 15 is 8.78 Å². The Morgan fingerprint density at radius 1 is 1.12 bits per heavy atom. The van der Waals surface area contributed by atoms with Crippen LogP contribution in [0.25, 0.3) is 0 Å². The van der Waals surface area contributed by atoms with Crippen molar-refractivity contribution >= 4 is 15.9 Å². The highest BCUT2D eigenvalue weighted by atomic mass is 79.9. The average Bonchev–Trinajstić information content (AvgIpc) is 3.09. The molecule has 3 rings (SSSR count). The molecule has 1 atom stereocenters. The third kappa shape index (κ3) is 2.94. The third-order valence-electron chi connectivity index (χ3n) is 3.69. The van der Waals surface area contributed by atoms with Gasteiger partial charge in [0.1, 0.15) is 18.3 Å². The number of rotatable bonds is 5. The molecule has 0 aliphatic heterocycles. The van der Waals surface area contributed by atoms with Gasteiger partial charge in [-0.3, -0.25) is 4.98 Å². The molecule has 3 aromatic rings. The highest BCUT2D eigenvalue weighted by molar-refractivity contribution is 9.10. The van der Waals surface area contributed by atoms with Crippen LogP contribution in [0.4, 0.5) is 8.78 Å². The first kappa shape index (κ1) is 16.7. The van der Waals surface area contributed by atoms with E-state index in [4.69, 9.17) is 0 Å². The maximum atomic E-state index is 15.2. The van der Waals surface area contributed by atoms with E-state index < -0.39 is 23.8 Å². The molecule has 0 amide bonds. The summed E-state index contributed by atoms with van der Waals surface area (Å²) in [5.74, 6) is -3.64. The second-order valence-electron chi connectivity index (χ2n) is 5.25. The van der Waals surface area contributed by atoms with Crippen molar-refractivity contribution in [2.75, 3.05) is 0 Å². The fourth-order valence-electron chi connectivity index (χ4n) is 2.41. The van der Waals surface area contributed by atoms with Crippen LogP contribution in [-0.2, 0) is 18.1 Å². The summed E-state index contributed by atoms with van der Waals surface area (Å²) in [4.78, 5) is 7.47. The molecule has 0 aliphatic carbocycles. The third-order valence-corrected chi connectivity index (χ3v) is 4.21. The van der Waals surface area contributed by atoms with Gasteiger partial charge in [0.15, 0.2) is 5.60 Å². The minimum Gasteiger partial charge on any atom is -0.377 e. The molecule has 0 fully saturated rings. The Balaban J connectivity index is 2.12. The van der Waals surface area contributed by atoms with Crippen molar-refractivity contribution in [3.05, 3.63) is 77.0 Å². The van der Waals surface area contributed by atoms with E-state index in [-0.39, 0.29) is 5.56 Å². The van der Waals surface area contributed by atoms with E-state index in [2.05, 4.69) is 31.0 Å². The van der Waals surface area contributed by atoms with Crippen LogP contribution < -0.4 is 0 Å². The van der Waals surface area contributed by atoms with E-state index in [1.54, 1.807) is 12.1 Å². The lowest BCUT2D eigenvalue weighted by molar-refractivity contribution is -0.206. The quantitative estimate of drug-likeness (QED) is 0.721. The number of nitrogens with zero attached hydrogens (tertiary/aromatic N) is 4. The molecule has 0 radical (unpaired) electrons. The first-order valence-corrected chi connectivity index (χ1v) is 7.83. The van der Waals surface area contributed by atoms with Gasteiger partial charge in [0, 0.05) is 10.7 Å². The van der Waals surface area contributed by atoms with Gasteiger partial charge in [-0.15, -0.1) is 0 Å². The lowest BCUT2D eigenvalue weighted by atomic mass is 9.85. The topological polar surface area (TPSA) is 63.8 Å². The second kappa shape index (κ2) is 6.37. The van der Waals surface area contributed by atoms with Crippen molar-refractivity contribution in [2.24, 2.45) is 0 Å². The summed E-state index contributed by atoms with van der Waals surface area (Å²) in [5, 5.41) is 14.9. The predicted octanol–water partition coefficient (Wildman–Crippen LogP) is 3.12. The lowest BCUT2D eigenvalue weighted by Crippen LogP contribution is -2.47.